The molecule has 0 saturated carbocycles. The molecule has 1 aromatic rings. The summed E-state index contributed by atoms with van der Waals surface area (Å²) in [6.45, 7) is 10.4. The number of nitrogens with zero attached hydrogens (tertiary/aromatic N) is 1. The average Bonchev–Trinajstić information content (AvgIpc) is 3.01. The highest BCUT2D eigenvalue weighted by Crippen LogP contribution is 2.32. The van der Waals surface area contributed by atoms with E-state index in [4.69, 9.17) is 11.4 Å². The fourth-order valence-corrected chi connectivity index (χ4v) is 3.01. The average molecular weight is 329 g/mol. The van der Waals surface area contributed by atoms with Crippen molar-refractivity contribution in [1.29, 1.82) is 0 Å². The van der Waals surface area contributed by atoms with E-state index in [2.05, 4.69) is 51.0 Å². The molecule has 1 nitrogen and oxygen atoms in total. The molecule has 2 rings (SSSR count). The quantitative estimate of drug-likeness (QED) is 0.353. The van der Waals surface area contributed by atoms with Gasteiger partial charge in [-0.3, -0.25) is 4.99 Å². The number of allylic oxidation sites excluding steroid dienone is 6. The number of benzene rings is 1. The summed E-state index contributed by atoms with van der Waals surface area (Å²) < 4.78 is 0. The molecule has 0 aromatic heterocycles. The molecule has 0 radical (unpaired) electrons. The topological polar surface area (TPSA) is 12.4 Å². The van der Waals surface area contributed by atoms with Crippen molar-refractivity contribution in [3.05, 3.63) is 75.5 Å². The Balaban J connectivity index is 2.37. The Labute approximate surface area is 152 Å². The lowest BCUT2D eigenvalue weighted by molar-refractivity contribution is 1.11. The highest BCUT2D eigenvalue weighted by atomic mass is 14.8. The summed E-state index contributed by atoms with van der Waals surface area (Å²) in [5.74, 6) is 2.70. The Bertz CT molecular complexity index is 845. The number of aryl methyl sites for hydroxylation is 1. The first-order chi connectivity index (χ1) is 12.0. The van der Waals surface area contributed by atoms with Gasteiger partial charge in [-0.25, -0.2) is 0 Å². The minimum Gasteiger partial charge on any atom is -0.253 e. The van der Waals surface area contributed by atoms with Gasteiger partial charge in [-0.2, -0.15) is 0 Å². The molecule has 0 unspecified atom stereocenters. The predicted molar refractivity (Wildman–Crippen MR) is 111 cm³/mol. The van der Waals surface area contributed by atoms with Crippen molar-refractivity contribution in [2.45, 2.75) is 47.5 Å². The van der Waals surface area contributed by atoms with E-state index >= 15 is 0 Å². The van der Waals surface area contributed by atoms with Gasteiger partial charge < -0.3 is 0 Å². The van der Waals surface area contributed by atoms with Crippen LogP contribution in [0.3, 0.4) is 0 Å². The molecule has 0 aliphatic heterocycles. The van der Waals surface area contributed by atoms with Crippen molar-refractivity contribution in [3.63, 3.8) is 0 Å². The van der Waals surface area contributed by atoms with E-state index in [1.165, 1.54) is 27.8 Å². The molecular weight excluding hydrogens is 302 g/mol. The molecule has 25 heavy (non-hydrogen) atoms. The first-order valence-electron chi connectivity index (χ1n) is 8.85. The van der Waals surface area contributed by atoms with Crippen LogP contribution in [-0.2, 0) is 12.8 Å². The first-order valence-corrected chi connectivity index (χ1v) is 8.85. The third-order valence-corrected chi connectivity index (χ3v) is 4.27. The van der Waals surface area contributed by atoms with Gasteiger partial charge in [0.25, 0.3) is 0 Å². The second kappa shape index (κ2) is 8.49. The van der Waals surface area contributed by atoms with Crippen LogP contribution in [0.25, 0.3) is 6.08 Å². The minimum absolute atomic E-state index is 0.841. The SMILES string of the molecule is C#CC(/C=C\C)=C/C(C)=NC(C1=Cc2cc(CC)ccc2C1)=C(C)C. The van der Waals surface area contributed by atoms with Crippen molar-refractivity contribution in [3.8, 4) is 12.3 Å². The molecule has 1 aromatic carbocycles. The predicted octanol–water partition coefficient (Wildman–Crippen LogP) is 6.08. The maximum Gasteiger partial charge on any atom is 0.0654 e. The molecular formula is C24H27N. The Hall–Kier alpha value is -2.59. The van der Waals surface area contributed by atoms with Crippen molar-refractivity contribution >= 4 is 11.8 Å². The zero-order chi connectivity index (χ0) is 18.4. The smallest absolute Gasteiger partial charge is 0.0654 e. The number of hydrogen-bond acceptors (Lipinski definition) is 1. The number of terminal acetylenes is 1. The summed E-state index contributed by atoms with van der Waals surface area (Å²) in [6, 6.07) is 6.77. The Morgan fingerprint density at radius 3 is 2.64 bits per heavy atom. The molecule has 1 heteroatoms. The fourth-order valence-electron chi connectivity index (χ4n) is 3.01. The van der Waals surface area contributed by atoms with Crippen molar-refractivity contribution < 1.29 is 0 Å². The van der Waals surface area contributed by atoms with Crippen LogP contribution in [0.1, 0.15) is 51.3 Å². The fraction of sp³-hybridized carbons (Fsp3) is 0.292. The van der Waals surface area contributed by atoms with Crippen LogP contribution in [-0.4, -0.2) is 5.71 Å². The van der Waals surface area contributed by atoms with Crippen LogP contribution < -0.4 is 0 Å². The van der Waals surface area contributed by atoms with Gasteiger partial charge in [-0.15, -0.1) is 6.42 Å². The van der Waals surface area contributed by atoms with E-state index in [1.54, 1.807) is 0 Å². The van der Waals surface area contributed by atoms with Gasteiger partial charge in [0.15, 0.2) is 0 Å². The van der Waals surface area contributed by atoms with Gasteiger partial charge in [-0.1, -0.05) is 48.8 Å². The second-order valence-corrected chi connectivity index (χ2v) is 6.58. The molecule has 0 heterocycles. The normalized spacial score (nSPS) is 14.3. The Kier molecular flexibility index (Phi) is 6.37. The third-order valence-electron chi connectivity index (χ3n) is 4.27. The first kappa shape index (κ1) is 18.7. The number of fused-ring (bicyclic) bond motifs is 1. The molecule has 1 aliphatic carbocycles. The highest BCUT2D eigenvalue weighted by molar-refractivity contribution is 5.95. The molecule has 128 valence electrons. The largest absolute Gasteiger partial charge is 0.253 e. The lowest BCUT2D eigenvalue weighted by Crippen LogP contribution is -1.95. The lowest BCUT2D eigenvalue weighted by atomic mass is 10.0. The number of rotatable bonds is 5. The molecule has 0 spiro atoms. The van der Waals surface area contributed by atoms with Crippen LogP contribution in [0, 0.1) is 12.3 Å². The van der Waals surface area contributed by atoms with Gasteiger partial charge >= 0.3 is 0 Å². The van der Waals surface area contributed by atoms with E-state index in [9.17, 15) is 0 Å². The molecule has 0 amide bonds. The lowest BCUT2D eigenvalue weighted by Gasteiger charge is -2.07. The van der Waals surface area contributed by atoms with Crippen LogP contribution >= 0.6 is 0 Å². The van der Waals surface area contributed by atoms with E-state index in [0.717, 1.165) is 29.8 Å². The molecule has 1 aliphatic rings. The van der Waals surface area contributed by atoms with Gasteiger partial charge in [0.1, 0.15) is 0 Å². The van der Waals surface area contributed by atoms with Crippen molar-refractivity contribution in [2.75, 3.05) is 0 Å². The van der Waals surface area contributed by atoms with E-state index < -0.39 is 0 Å². The van der Waals surface area contributed by atoms with E-state index in [-0.39, 0.29) is 0 Å². The van der Waals surface area contributed by atoms with E-state index in [1.807, 2.05) is 32.1 Å². The summed E-state index contributed by atoms with van der Waals surface area (Å²) in [5.41, 5.74) is 9.42. The monoisotopic (exact) mass is 329 g/mol. The maximum atomic E-state index is 5.56. The standard InChI is InChI=1S/C24H27N/c1-7-10-19(8-2)13-18(6)25-24(17(4)5)23-15-21-12-11-20(9-3)14-22(21)16-23/h2,7,10-14,16H,9,15H2,1,3-6H3/b10-7-,19-13-,25-18?. The van der Waals surface area contributed by atoms with Gasteiger partial charge in [0, 0.05) is 17.7 Å². The summed E-state index contributed by atoms with van der Waals surface area (Å²) in [6.07, 6.45) is 15.7. The summed E-state index contributed by atoms with van der Waals surface area (Å²) in [7, 11) is 0. The summed E-state index contributed by atoms with van der Waals surface area (Å²) in [5, 5.41) is 0. The van der Waals surface area contributed by atoms with E-state index in [0.29, 0.717) is 0 Å². The van der Waals surface area contributed by atoms with Gasteiger partial charge in [0.05, 0.1) is 5.70 Å². The maximum absolute atomic E-state index is 5.56. The number of aliphatic imine (C=N–C) groups is 1. The molecule has 0 saturated heterocycles. The second-order valence-electron chi connectivity index (χ2n) is 6.58. The van der Waals surface area contributed by atoms with Gasteiger partial charge in [0.2, 0.25) is 0 Å². The van der Waals surface area contributed by atoms with Crippen LogP contribution in [0.2, 0.25) is 0 Å². The molecule has 0 bridgehead atoms. The molecule has 0 N–H and O–H groups in total. The number of hydrogen-bond donors (Lipinski definition) is 0. The zero-order valence-electron chi connectivity index (χ0n) is 16.0. The minimum atomic E-state index is 0.841. The molecule has 0 fully saturated rings. The zero-order valence-corrected chi connectivity index (χ0v) is 16.0. The van der Waals surface area contributed by atoms with Crippen molar-refractivity contribution in [2.24, 2.45) is 4.99 Å². The van der Waals surface area contributed by atoms with Gasteiger partial charge in [-0.05, 0) is 68.5 Å². The summed E-state index contributed by atoms with van der Waals surface area (Å²) >= 11 is 0. The summed E-state index contributed by atoms with van der Waals surface area (Å²) in [4.78, 5) is 4.88. The Morgan fingerprint density at radius 1 is 1.28 bits per heavy atom. The van der Waals surface area contributed by atoms with Crippen molar-refractivity contribution in [1.82, 2.24) is 0 Å². The third kappa shape index (κ3) is 4.70. The molecule has 0 atom stereocenters. The van der Waals surface area contributed by atoms with Crippen LogP contribution in [0.15, 0.2) is 63.8 Å². The van der Waals surface area contributed by atoms with Crippen LogP contribution in [0.4, 0.5) is 0 Å². The van der Waals surface area contributed by atoms with Crippen LogP contribution in [0.5, 0.6) is 0 Å². The Morgan fingerprint density at radius 2 is 2.04 bits per heavy atom. The highest BCUT2D eigenvalue weighted by Gasteiger charge is 2.17.